The molecule has 5 rings (SSSR count). The van der Waals surface area contributed by atoms with Gasteiger partial charge in [0.05, 0.1) is 19.3 Å². The Hall–Kier alpha value is -3.93. The predicted octanol–water partition coefficient (Wildman–Crippen LogP) is 4.29. The van der Waals surface area contributed by atoms with E-state index in [1.807, 2.05) is 0 Å². The number of piperidine rings is 1. The maximum atomic E-state index is 13.2. The second-order valence-electron chi connectivity index (χ2n) is 8.88. The van der Waals surface area contributed by atoms with Crippen LogP contribution in [-0.2, 0) is 11.3 Å². The van der Waals surface area contributed by atoms with Crippen LogP contribution in [0.3, 0.4) is 0 Å². The van der Waals surface area contributed by atoms with Gasteiger partial charge in [0.2, 0.25) is 5.88 Å². The molecule has 3 aromatic rings. The standard InChI is InChI=1S/C25H24ClF2N5O5/c1-36-23-19(22(34)29-10-14-2-4-16(26)5-3-14)9-20(21(31-23)15-11-30-33(12-15)24(27)28)38-18-6-7-32-17(8-18)13-37-25(32)35/h2-5,9,11-12,17-18,24H,6-8,10,13H2,1H3,(H,29,34)/t17-,18-/m0/s1. The van der Waals surface area contributed by atoms with E-state index in [-0.39, 0.29) is 59.8 Å². The number of amides is 2. The summed E-state index contributed by atoms with van der Waals surface area (Å²) in [5, 5.41) is 7.10. The summed E-state index contributed by atoms with van der Waals surface area (Å²) in [6.45, 7) is -1.89. The normalized spacial score (nSPS) is 18.8. The summed E-state index contributed by atoms with van der Waals surface area (Å²) in [5.74, 6) is -0.260. The van der Waals surface area contributed by atoms with Gasteiger partial charge in [0.1, 0.15) is 29.7 Å². The summed E-state index contributed by atoms with van der Waals surface area (Å²) in [6.07, 6.45) is 2.74. The molecular formula is C25H24ClF2N5O5. The number of rotatable bonds is 8. The van der Waals surface area contributed by atoms with Gasteiger partial charge >= 0.3 is 12.6 Å². The minimum atomic E-state index is -2.84. The van der Waals surface area contributed by atoms with Gasteiger partial charge in [-0.05, 0) is 17.7 Å². The van der Waals surface area contributed by atoms with Crippen LogP contribution in [0.2, 0.25) is 5.02 Å². The quantitative estimate of drug-likeness (QED) is 0.448. The lowest BCUT2D eigenvalue weighted by molar-refractivity contribution is 0.0566. The van der Waals surface area contributed by atoms with Crippen molar-refractivity contribution in [3.63, 3.8) is 0 Å². The number of pyridine rings is 1. The number of carbonyl (C=O) groups excluding carboxylic acids is 2. The van der Waals surface area contributed by atoms with Crippen molar-refractivity contribution < 1.29 is 32.6 Å². The van der Waals surface area contributed by atoms with Crippen molar-refractivity contribution in [2.24, 2.45) is 0 Å². The van der Waals surface area contributed by atoms with E-state index in [9.17, 15) is 18.4 Å². The molecule has 13 heteroatoms. The first kappa shape index (κ1) is 25.7. The van der Waals surface area contributed by atoms with E-state index in [0.717, 1.165) is 11.8 Å². The van der Waals surface area contributed by atoms with Crippen molar-refractivity contribution in [1.29, 1.82) is 0 Å². The van der Waals surface area contributed by atoms with Gasteiger partial charge in [-0.25, -0.2) is 14.5 Å². The third-order valence-electron chi connectivity index (χ3n) is 6.43. The molecule has 2 atom stereocenters. The van der Waals surface area contributed by atoms with Crippen LogP contribution in [0.4, 0.5) is 13.6 Å². The Kier molecular flexibility index (Phi) is 7.32. The van der Waals surface area contributed by atoms with Crippen molar-refractivity contribution in [2.75, 3.05) is 20.3 Å². The highest BCUT2D eigenvalue weighted by Crippen LogP contribution is 2.36. The molecule has 2 saturated heterocycles. The SMILES string of the molecule is COc1nc(-c2cnn(C(F)F)c2)c(O[C@H]2CCN3C(=O)OC[C@@H]3C2)cc1C(=O)NCc1ccc(Cl)cc1. The summed E-state index contributed by atoms with van der Waals surface area (Å²) in [6, 6.07) is 8.39. The number of benzene rings is 1. The molecule has 2 aliphatic rings. The molecule has 0 unspecified atom stereocenters. The number of nitrogens with one attached hydrogen (secondary N) is 1. The van der Waals surface area contributed by atoms with Gasteiger partial charge in [-0.2, -0.15) is 13.9 Å². The van der Waals surface area contributed by atoms with E-state index < -0.39 is 12.5 Å². The average molecular weight is 548 g/mol. The number of hydrogen-bond donors (Lipinski definition) is 1. The molecule has 0 radical (unpaired) electrons. The highest BCUT2D eigenvalue weighted by molar-refractivity contribution is 6.30. The van der Waals surface area contributed by atoms with E-state index in [1.165, 1.54) is 19.4 Å². The number of aromatic nitrogens is 3. The van der Waals surface area contributed by atoms with Crippen LogP contribution in [0.1, 0.15) is 35.3 Å². The topological polar surface area (TPSA) is 108 Å². The Morgan fingerprint density at radius 2 is 2.11 bits per heavy atom. The number of alkyl halides is 2. The predicted molar refractivity (Wildman–Crippen MR) is 131 cm³/mol. The smallest absolute Gasteiger partial charge is 0.410 e. The first-order valence-corrected chi connectivity index (χ1v) is 12.2. The summed E-state index contributed by atoms with van der Waals surface area (Å²) in [5.41, 5.74) is 1.41. The molecule has 0 aliphatic carbocycles. The number of hydrogen-bond acceptors (Lipinski definition) is 7. The highest BCUT2D eigenvalue weighted by atomic mass is 35.5. The fourth-order valence-corrected chi connectivity index (χ4v) is 4.62. The largest absolute Gasteiger partial charge is 0.488 e. The van der Waals surface area contributed by atoms with Crippen LogP contribution in [0.15, 0.2) is 42.7 Å². The van der Waals surface area contributed by atoms with Crippen molar-refractivity contribution in [3.05, 3.63) is 58.9 Å². The minimum absolute atomic E-state index is 0.00429. The van der Waals surface area contributed by atoms with Gasteiger partial charge in [0.15, 0.2) is 0 Å². The van der Waals surface area contributed by atoms with E-state index in [4.69, 9.17) is 25.8 Å². The van der Waals surface area contributed by atoms with Crippen molar-refractivity contribution in [1.82, 2.24) is 25.0 Å². The molecule has 1 N–H and O–H groups in total. The molecule has 1 aromatic carbocycles. The molecule has 38 heavy (non-hydrogen) atoms. The molecule has 10 nitrogen and oxygen atoms in total. The molecule has 0 saturated carbocycles. The molecule has 0 bridgehead atoms. The summed E-state index contributed by atoms with van der Waals surface area (Å²) >= 11 is 5.93. The van der Waals surface area contributed by atoms with Gasteiger partial charge in [-0.3, -0.25) is 4.79 Å². The molecule has 2 amide bonds. The fraction of sp³-hybridized carbons (Fsp3) is 0.360. The van der Waals surface area contributed by atoms with Crippen LogP contribution in [0.5, 0.6) is 11.6 Å². The molecule has 2 aliphatic heterocycles. The minimum Gasteiger partial charge on any atom is -0.488 e. The van der Waals surface area contributed by atoms with Crippen LogP contribution >= 0.6 is 11.6 Å². The Balaban J connectivity index is 1.44. The van der Waals surface area contributed by atoms with Crippen molar-refractivity contribution >= 4 is 23.6 Å². The van der Waals surface area contributed by atoms with Gasteiger partial charge in [-0.1, -0.05) is 23.7 Å². The first-order valence-electron chi connectivity index (χ1n) is 11.9. The second-order valence-corrected chi connectivity index (χ2v) is 9.31. The van der Waals surface area contributed by atoms with Crippen molar-refractivity contribution in [3.8, 4) is 22.9 Å². The number of fused-ring (bicyclic) bond motifs is 1. The van der Waals surface area contributed by atoms with Gasteiger partial charge in [-0.15, -0.1) is 0 Å². The Morgan fingerprint density at radius 3 is 2.82 bits per heavy atom. The zero-order chi connectivity index (χ0) is 26.8. The number of ether oxygens (including phenoxy) is 3. The number of nitrogens with zero attached hydrogens (tertiary/aromatic N) is 4. The van der Waals surface area contributed by atoms with Crippen LogP contribution < -0.4 is 14.8 Å². The molecule has 4 heterocycles. The van der Waals surface area contributed by atoms with Gasteiger partial charge in [0, 0.05) is 48.8 Å². The Bertz CT molecular complexity index is 1340. The number of halogens is 3. The lowest BCUT2D eigenvalue weighted by atomic mass is 10.0. The fourth-order valence-electron chi connectivity index (χ4n) is 4.49. The Morgan fingerprint density at radius 1 is 1.32 bits per heavy atom. The third kappa shape index (κ3) is 5.35. The third-order valence-corrected chi connectivity index (χ3v) is 6.68. The van der Waals surface area contributed by atoms with E-state index in [0.29, 0.717) is 29.1 Å². The van der Waals surface area contributed by atoms with E-state index in [1.54, 1.807) is 29.2 Å². The molecule has 200 valence electrons. The monoisotopic (exact) mass is 547 g/mol. The van der Waals surface area contributed by atoms with Crippen LogP contribution in [0, 0.1) is 0 Å². The van der Waals surface area contributed by atoms with Crippen molar-refractivity contribution in [2.45, 2.75) is 38.1 Å². The van der Waals surface area contributed by atoms with Crippen LogP contribution in [-0.4, -0.2) is 64.1 Å². The highest BCUT2D eigenvalue weighted by Gasteiger charge is 2.39. The lowest BCUT2D eigenvalue weighted by Crippen LogP contribution is -2.44. The second kappa shape index (κ2) is 10.8. The average Bonchev–Trinajstić information content (AvgIpc) is 3.55. The van der Waals surface area contributed by atoms with Crippen LogP contribution in [0.25, 0.3) is 11.3 Å². The summed E-state index contributed by atoms with van der Waals surface area (Å²) in [4.78, 5) is 31.1. The number of cyclic esters (lactones) is 1. The van der Waals surface area contributed by atoms with Gasteiger partial charge in [0.25, 0.3) is 5.91 Å². The van der Waals surface area contributed by atoms with E-state index >= 15 is 0 Å². The zero-order valence-electron chi connectivity index (χ0n) is 20.3. The van der Waals surface area contributed by atoms with E-state index in [2.05, 4.69) is 15.4 Å². The molecular weight excluding hydrogens is 524 g/mol. The van der Waals surface area contributed by atoms with Gasteiger partial charge < -0.3 is 24.4 Å². The lowest BCUT2D eigenvalue weighted by Gasteiger charge is -2.32. The molecule has 2 fully saturated rings. The maximum absolute atomic E-state index is 13.2. The maximum Gasteiger partial charge on any atom is 0.410 e. The summed E-state index contributed by atoms with van der Waals surface area (Å²) < 4.78 is 43.7. The Labute approximate surface area is 221 Å². The molecule has 0 spiro atoms. The number of methoxy groups -OCH3 is 1. The number of carbonyl (C=O) groups is 2. The zero-order valence-corrected chi connectivity index (χ0v) is 21.0. The summed E-state index contributed by atoms with van der Waals surface area (Å²) in [7, 11) is 1.36. The molecule has 2 aromatic heterocycles. The first-order chi connectivity index (χ1) is 18.3.